The number of nitrogens with zero attached hydrogens (tertiary/aromatic N) is 3. The van der Waals surface area contributed by atoms with Crippen LogP contribution in [0.5, 0.6) is 11.5 Å². The molecule has 0 radical (unpaired) electrons. The molecule has 6 rings (SSSR count). The van der Waals surface area contributed by atoms with E-state index in [-0.39, 0.29) is 0 Å². The maximum absolute atomic E-state index is 11.1. The molecule has 7 nitrogen and oxygen atoms in total. The maximum Gasteiger partial charge on any atom is 0.335 e. The molecule has 3 heterocycles. The largest absolute Gasteiger partial charge is 0.478 e. The average Bonchev–Trinajstić information content (AvgIpc) is 3.65. The van der Waals surface area contributed by atoms with Gasteiger partial charge in [0.2, 0.25) is 5.89 Å². The number of ether oxygens (including phenoxy) is 1. The Morgan fingerprint density at radius 2 is 1.42 bits per heavy atom. The summed E-state index contributed by atoms with van der Waals surface area (Å²) in [7, 11) is 0. The van der Waals surface area contributed by atoms with Crippen molar-refractivity contribution < 1.29 is 19.1 Å². The third-order valence-electron chi connectivity index (χ3n) is 7.13. The normalized spacial score (nSPS) is 19.6. The molecule has 2 aliphatic rings. The summed E-state index contributed by atoms with van der Waals surface area (Å²) in [6, 6.07) is 24.4. The monoisotopic (exact) mass is 481 g/mol. The molecule has 0 aliphatic carbocycles. The van der Waals surface area contributed by atoms with Gasteiger partial charge in [0.05, 0.1) is 11.8 Å². The number of rotatable bonds is 8. The van der Waals surface area contributed by atoms with Crippen molar-refractivity contribution in [1.82, 2.24) is 14.8 Å². The molecular formula is C29H27N3O4. The fourth-order valence-electron chi connectivity index (χ4n) is 5.27. The molecule has 182 valence electrons. The Kier molecular flexibility index (Phi) is 6.01. The standard InChI is InChI=1S/C29H27N3O4/c33-29(34)23-5-1-20(2-6-23)16-31-18-25-15-24(31)19-32(25)17-21-3-9-26(10-4-21)36-27-11-7-22(8-12-27)28-30-13-14-35-28/h1-14,24-25H,15-19H2,(H,33,34). The highest BCUT2D eigenvalue weighted by Gasteiger charge is 2.42. The summed E-state index contributed by atoms with van der Waals surface area (Å²) in [5.74, 6) is 1.30. The second-order valence-corrected chi connectivity index (χ2v) is 9.51. The van der Waals surface area contributed by atoms with E-state index in [0.717, 1.165) is 43.2 Å². The number of hydrogen-bond acceptors (Lipinski definition) is 6. The maximum atomic E-state index is 11.1. The predicted octanol–water partition coefficient (Wildman–Crippen LogP) is 5.29. The van der Waals surface area contributed by atoms with Crippen molar-refractivity contribution in [2.24, 2.45) is 0 Å². The van der Waals surface area contributed by atoms with E-state index in [2.05, 4.69) is 26.9 Å². The van der Waals surface area contributed by atoms with Crippen LogP contribution in [0.15, 0.2) is 89.7 Å². The third-order valence-corrected chi connectivity index (χ3v) is 7.13. The van der Waals surface area contributed by atoms with Crippen LogP contribution in [0, 0.1) is 0 Å². The van der Waals surface area contributed by atoms with Gasteiger partial charge >= 0.3 is 5.97 Å². The summed E-state index contributed by atoms with van der Waals surface area (Å²) in [6.07, 6.45) is 4.39. The number of aromatic carboxylic acids is 1. The molecule has 2 fully saturated rings. The Labute approximate surface area is 209 Å². The first-order chi connectivity index (χ1) is 17.6. The molecular weight excluding hydrogens is 454 g/mol. The molecule has 0 amide bonds. The van der Waals surface area contributed by atoms with Gasteiger partial charge in [0.25, 0.3) is 0 Å². The molecule has 0 saturated carbocycles. The third kappa shape index (κ3) is 4.76. The number of likely N-dealkylation sites (tertiary alicyclic amines) is 2. The van der Waals surface area contributed by atoms with Gasteiger partial charge < -0.3 is 14.3 Å². The van der Waals surface area contributed by atoms with Crippen molar-refractivity contribution in [1.29, 1.82) is 0 Å². The van der Waals surface area contributed by atoms with Crippen molar-refractivity contribution in [2.45, 2.75) is 31.6 Å². The molecule has 1 N–H and O–H groups in total. The molecule has 2 saturated heterocycles. The molecule has 2 atom stereocenters. The number of carboxylic acids is 1. The van der Waals surface area contributed by atoms with E-state index < -0.39 is 5.97 Å². The van der Waals surface area contributed by atoms with Gasteiger partial charge in [-0.05, 0) is 66.1 Å². The summed E-state index contributed by atoms with van der Waals surface area (Å²) < 4.78 is 11.3. The number of piperazine rings is 1. The number of oxazole rings is 1. The van der Waals surface area contributed by atoms with E-state index in [1.807, 2.05) is 48.5 Å². The van der Waals surface area contributed by atoms with Gasteiger partial charge in [-0.15, -0.1) is 0 Å². The van der Waals surface area contributed by atoms with E-state index in [1.165, 1.54) is 17.5 Å². The fraction of sp³-hybridized carbons (Fsp3) is 0.241. The van der Waals surface area contributed by atoms with Crippen molar-refractivity contribution in [3.8, 4) is 23.0 Å². The lowest BCUT2D eigenvalue weighted by molar-refractivity contribution is 0.0697. The number of carbonyl (C=O) groups is 1. The minimum Gasteiger partial charge on any atom is -0.478 e. The molecule has 2 aliphatic heterocycles. The second-order valence-electron chi connectivity index (χ2n) is 9.51. The fourth-order valence-corrected chi connectivity index (χ4v) is 5.27. The van der Waals surface area contributed by atoms with E-state index in [1.54, 1.807) is 24.6 Å². The van der Waals surface area contributed by atoms with E-state index >= 15 is 0 Å². The van der Waals surface area contributed by atoms with Gasteiger partial charge in [0, 0.05) is 43.8 Å². The lowest BCUT2D eigenvalue weighted by Gasteiger charge is -2.34. The van der Waals surface area contributed by atoms with E-state index in [0.29, 0.717) is 23.5 Å². The molecule has 3 aromatic carbocycles. The zero-order valence-corrected chi connectivity index (χ0v) is 19.8. The van der Waals surface area contributed by atoms with Crippen LogP contribution in [0.1, 0.15) is 27.9 Å². The number of fused-ring (bicyclic) bond motifs is 2. The first kappa shape index (κ1) is 22.5. The number of carboxylic acid groups (broad SMARTS) is 1. The van der Waals surface area contributed by atoms with E-state index in [4.69, 9.17) is 14.3 Å². The average molecular weight is 482 g/mol. The molecule has 0 spiro atoms. The Morgan fingerprint density at radius 3 is 1.92 bits per heavy atom. The Balaban J connectivity index is 1.01. The Bertz CT molecular complexity index is 1320. The van der Waals surface area contributed by atoms with Crippen LogP contribution in [0.25, 0.3) is 11.5 Å². The zero-order chi connectivity index (χ0) is 24.5. The van der Waals surface area contributed by atoms with Crippen LogP contribution >= 0.6 is 0 Å². The quantitative estimate of drug-likeness (QED) is 0.366. The Hall–Kier alpha value is -3.94. The molecule has 7 heteroatoms. The topological polar surface area (TPSA) is 79.0 Å². The molecule has 2 bridgehead atoms. The van der Waals surface area contributed by atoms with Crippen LogP contribution in [-0.4, -0.2) is 51.0 Å². The van der Waals surface area contributed by atoms with Crippen LogP contribution in [0.4, 0.5) is 0 Å². The van der Waals surface area contributed by atoms with Gasteiger partial charge in [-0.3, -0.25) is 9.80 Å². The molecule has 1 aromatic heterocycles. The highest BCUT2D eigenvalue weighted by molar-refractivity contribution is 5.87. The molecule has 4 aromatic rings. The van der Waals surface area contributed by atoms with Crippen LogP contribution < -0.4 is 4.74 Å². The summed E-state index contributed by atoms with van der Waals surface area (Å²) in [5.41, 5.74) is 3.70. The zero-order valence-electron chi connectivity index (χ0n) is 19.8. The lowest BCUT2D eigenvalue weighted by Crippen LogP contribution is -2.45. The van der Waals surface area contributed by atoms with E-state index in [9.17, 15) is 4.79 Å². The van der Waals surface area contributed by atoms with Crippen LogP contribution in [0.2, 0.25) is 0 Å². The van der Waals surface area contributed by atoms with Crippen molar-refractivity contribution >= 4 is 5.97 Å². The summed E-state index contributed by atoms with van der Waals surface area (Å²) in [5, 5.41) is 9.09. The summed E-state index contributed by atoms with van der Waals surface area (Å²) in [4.78, 5) is 20.3. The highest BCUT2D eigenvalue weighted by atomic mass is 16.5. The number of hydrogen-bond donors (Lipinski definition) is 1. The van der Waals surface area contributed by atoms with Gasteiger partial charge in [-0.2, -0.15) is 0 Å². The number of benzene rings is 3. The minimum absolute atomic E-state index is 0.338. The SMILES string of the molecule is O=C(O)c1ccc(CN2CC3CC2CN3Cc2ccc(Oc3ccc(-c4ncco4)cc3)cc2)cc1. The van der Waals surface area contributed by atoms with Crippen LogP contribution in [0.3, 0.4) is 0 Å². The van der Waals surface area contributed by atoms with Gasteiger partial charge in [-0.1, -0.05) is 24.3 Å². The number of aromatic nitrogens is 1. The lowest BCUT2D eigenvalue weighted by atomic mass is 10.1. The van der Waals surface area contributed by atoms with Crippen molar-refractivity contribution in [3.05, 3.63) is 102 Å². The van der Waals surface area contributed by atoms with Gasteiger partial charge in [0.15, 0.2) is 0 Å². The second kappa shape index (κ2) is 9.60. The molecule has 2 unspecified atom stereocenters. The first-order valence-corrected chi connectivity index (χ1v) is 12.2. The predicted molar refractivity (Wildman–Crippen MR) is 135 cm³/mol. The van der Waals surface area contributed by atoms with Crippen molar-refractivity contribution in [2.75, 3.05) is 13.1 Å². The van der Waals surface area contributed by atoms with Crippen LogP contribution in [-0.2, 0) is 13.1 Å². The smallest absolute Gasteiger partial charge is 0.335 e. The molecule has 36 heavy (non-hydrogen) atoms. The minimum atomic E-state index is -0.880. The Morgan fingerprint density at radius 1 is 0.861 bits per heavy atom. The summed E-state index contributed by atoms with van der Waals surface area (Å²) in [6.45, 7) is 3.93. The van der Waals surface area contributed by atoms with Gasteiger partial charge in [-0.25, -0.2) is 9.78 Å². The van der Waals surface area contributed by atoms with Gasteiger partial charge in [0.1, 0.15) is 17.8 Å². The highest BCUT2D eigenvalue weighted by Crippen LogP contribution is 2.33. The summed E-state index contributed by atoms with van der Waals surface area (Å²) >= 11 is 0. The first-order valence-electron chi connectivity index (χ1n) is 12.2. The van der Waals surface area contributed by atoms with Crippen molar-refractivity contribution in [3.63, 3.8) is 0 Å².